The first-order valence-corrected chi connectivity index (χ1v) is 8.14. The summed E-state index contributed by atoms with van der Waals surface area (Å²) in [6.07, 6.45) is 1.03. The molecule has 1 unspecified atom stereocenters. The van der Waals surface area contributed by atoms with E-state index in [-0.39, 0.29) is 17.2 Å². The van der Waals surface area contributed by atoms with Crippen LogP contribution < -0.4 is 0 Å². The topological polar surface area (TPSA) is 91.1 Å². The third-order valence-electron chi connectivity index (χ3n) is 3.56. The highest BCUT2D eigenvalue weighted by Gasteiger charge is 2.38. The minimum atomic E-state index is -1.16. The molecule has 0 radical (unpaired) electrons. The molecule has 1 atom stereocenters. The van der Waals surface area contributed by atoms with E-state index in [1.807, 2.05) is 13.8 Å². The van der Waals surface area contributed by atoms with E-state index in [9.17, 15) is 14.4 Å². The molecule has 8 heteroatoms. The molecule has 1 N–H and O–H groups in total. The first-order valence-electron chi connectivity index (χ1n) is 6.98. The fourth-order valence-electron chi connectivity index (χ4n) is 2.30. The van der Waals surface area contributed by atoms with E-state index in [1.165, 1.54) is 22.7 Å². The molecule has 1 aliphatic heterocycles. The summed E-state index contributed by atoms with van der Waals surface area (Å²) in [5.74, 6) is -0.837. The van der Waals surface area contributed by atoms with Crippen molar-refractivity contribution in [2.45, 2.75) is 19.9 Å². The quantitative estimate of drug-likeness (QED) is 0.878. The van der Waals surface area contributed by atoms with Gasteiger partial charge in [-0.2, -0.15) is 0 Å². The third-order valence-corrected chi connectivity index (χ3v) is 4.57. The van der Waals surface area contributed by atoms with Crippen molar-refractivity contribution in [2.75, 3.05) is 24.7 Å². The smallest absolute Gasteiger partial charge is 0.338 e. The Balaban J connectivity index is 2.17. The number of aromatic carboxylic acids is 1. The molecular weight excluding hydrogens is 308 g/mol. The Kier molecular flexibility index (Phi) is 5.12. The van der Waals surface area contributed by atoms with Crippen LogP contribution in [-0.4, -0.2) is 63.5 Å². The molecule has 0 bridgehead atoms. The number of nitrogens with zero attached hydrogens (tertiary/aromatic N) is 2. The van der Waals surface area contributed by atoms with Crippen LogP contribution in [0.3, 0.4) is 0 Å². The molecule has 120 valence electrons. The van der Waals surface area contributed by atoms with Gasteiger partial charge < -0.3 is 19.3 Å². The summed E-state index contributed by atoms with van der Waals surface area (Å²) < 4.78 is 5.04. The van der Waals surface area contributed by atoms with Crippen LogP contribution in [0.2, 0.25) is 0 Å². The molecule has 1 aliphatic rings. The number of carboxylic acids is 1. The summed E-state index contributed by atoms with van der Waals surface area (Å²) in [6.45, 7) is 4.95. The van der Waals surface area contributed by atoms with Gasteiger partial charge in [0.25, 0.3) is 5.91 Å². The second-order valence-electron chi connectivity index (χ2n) is 4.81. The maximum absolute atomic E-state index is 12.5. The lowest BCUT2D eigenvalue weighted by Crippen LogP contribution is -2.48. The van der Waals surface area contributed by atoms with Gasteiger partial charge in [0.05, 0.1) is 11.4 Å². The number of thioether (sulfide) groups is 1. The van der Waals surface area contributed by atoms with E-state index in [1.54, 1.807) is 4.90 Å². The van der Waals surface area contributed by atoms with Crippen LogP contribution in [0.4, 0.5) is 0 Å². The summed E-state index contributed by atoms with van der Waals surface area (Å²) in [5.41, 5.74) is -0.0816. The Labute approximate surface area is 132 Å². The van der Waals surface area contributed by atoms with E-state index >= 15 is 0 Å². The summed E-state index contributed by atoms with van der Waals surface area (Å²) >= 11 is 1.49. The molecule has 1 aromatic rings. The first kappa shape index (κ1) is 16.4. The summed E-state index contributed by atoms with van der Waals surface area (Å²) in [4.78, 5) is 38.9. The molecular formula is C14H18N2O5S. The molecule has 0 aromatic carbocycles. The fraction of sp³-hybridized carbons (Fsp3) is 0.500. The average molecular weight is 326 g/mol. The van der Waals surface area contributed by atoms with Crippen LogP contribution in [0.15, 0.2) is 16.7 Å². The second kappa shape index (κ2) is 6.87. The minimum absolute atomic E-state index is 0.0581. The van der Waals surface area contributed by atoms with Crippen LogP contribution in [0.5, 0.6) is 0 Å². The largest absolute Gasteiger partial charge is 0.478 e. The lowest BCUT2D eigenvalue weighted by atomic mass is 10.2. The Morgan fingerprint density at radius 2 is 2.09 bits per heavy atom. The number of likely N-dealkylation sites (N-methyl/N-ethyl adjacent to an activating group) is 1. The zero-order chi connectivity index (χ0) is 16.3. The number of amides is 2. The predicted molar refractivity (Wildman–Crippen MR) is 80.9 cm³/mol. The minimum Gasteiger partial charge on any atom is -0.478 e. The van der Waals surface area contributed by atoms with Gasteiger partial charge in [0.1, 0.15) is 12.3 Å². The molecule has 22 heavy (non-hydrogen) atoms. The van der Waals surface area contributed by atoms with Crippen molar-refractivity contribution in [3.8, 4) is 0 Å². The van der Waals surface area contributed by atoms with Gasteiger partial charge in [-0.3, -0.25) is 9.59 Å². The van der Waals surface area contributed by atoms with Crippen molar-refractivity contribution in [3.63, 3.8) is 0 Å². The van der Waals surface area contributed by atoms with Crippen LogP contribution >= 0.6 is 11.8 Å². The van der Waals surface area contributed by atoms with Gasteiger partial charge in [0.15, 0.2) is 5.76 Å². The number of furan rings is 1. The number of hydrogen-bond acceptors (Lipinski definition) is 5. The monoisotopic (exact) mass is 326 g/mol. The second-order valence-corrected chi connectivity index (χ2v) is 5.81. The van der Waals surface area contributed by atoms with Crippen molar-refractivity contribution >= 4 is 29.5 Å². The van der Waals surface area contributed by atoms with Crippen LogP contribution in [0.25, 0.3) is 0 Å². The van der Waals surface area contributed by atoms with Crippen LogP contribution in [0.1, 0.15) is 34.8 Å². The van der Waals surface area contributed by atoms with Gasteiger partial charge in [-0.15, -0.1) is 11.8 Å². The Hall–Kier alpha value is -1.96. The zero-order valence-corrected chi connectivity index (χ0v) is 13.3. The fourth-order valence-corrected chi connectivity index (χ4v) is 3.44. The van der Waals surface area contributed by atoms with Crippen molar-refractivity contribution in [2.24, 2.45) is 0 Å². The van der Waals surface area contributed by atoms with Crippen molar-refractivity contribution < 1.29 is 23.9 Å². The average Bonchev–Trinajstić information content (AvgIpc) is 3.17. The predicted octanol–water partition coefficient (Wildman–Crippen LogP) is 1.36. The standard InChI is InChI=1S/C14H18N2O5S/c1-3-15(4-2)12(17)10-7-22-8-16(10)13(18)11-5-9(6-21-11)14(19)20/h5-6,10H,3-4,7-8H2,1-2H3,(H,19,20). The number of rotatable bonds is 5. The lowest BCUT2D eigenvalue weighted by Gasteiger charge is -2.27. The lowest BCUT2D eigenvalue weighted by molar-refractivity contribution is -0.134. The molecule has 1 fully saturated rings. The van der Waals surface area contributed by atoms with Gasteiger partial charge in [-0.05, 0) is 13.8 Å². The first-order chi connectivity index (χ1) is 10.5. The number of carbonyl (C=O) groups excluding carboxylic acids is 2. The van der Waals surface area contributed by atoms with E-state index in [0.29, 0.717) is 24.7 Å². The van der Waals surface area contributed by atoms with Crippen LogP contribution in [-0.2, 0) is 4.79 Å². The van der Waals surface area contributed by atoms with Crippen molar-refractivity contribution in [3.05, 3.63) is 23.7 Å². The Morgan fingerprint density at radius 3 is 2.64 bits per heavy atom. The maximum Gasteiger partial charge on any atom is 0.338 e. The van der Waals surface area contributed by atoms with E-state index < -0.39 is 17.9 Å². The van der Waals surface area contributed by atoms with Crippen molar-refractivity contribution in [1.29, 1.82) is 0 Å². The third kappa shape index (κ3) is 3.11. The number of carboxylic acid groups (broad SMARTS) is 1. The van der Waals surface area contributed by atoms with Gasteiger partial charge in [0, 0.05) is 24.9 Å². The summed E-state index contributed by atoms with van der Waals surface area (Å²) in [7, 11) is 0. The highest BCUT2D eigenvalue weighted by Crippen LogP contribution is 2.25. The van der Waals surface area contributed by atoms with E-state index in [0.717, 1.165) is 6.26 Å². The van der Waals surface area contributed by atoms with Gasteiger partial charge in [0.2, 0.25) is 5.91 Å². The van der Waals surface area contributed by atoms with E-state index in [4.69, 9.17) is 9.52 Å². The molecule has 0 aliphatic carbocycles. The Bertz CT molecular complexity index is 582. The van der Waals surface area contributed by atoms with Crippen molar-refractivity contribution in [1.82, 2.24) is 9.80 Å². The molecule has 2 rings (SSSR count). The number of carbonyl (C=O) groups is 3. The summed E-state index contributed by atoms with van der Waals surface area (Å²) in [6, 6.07) is 0.655. The van der Waals surface area contributed by atoms with E-state index in [2.05, 4.69) is 0 Å². The zero-order valence-electron chi connectivity index (χ0n) is 12.4. The highest BCUT2D eigenvalue weighted by atomic mass is 32.2. The summed E-state index contributed by atoms with van der Waals surface area (Å²) in [5, 5.41) is 8.87. The molecule has 2 amide bonds. The molecule has 0 spiro atoms. The molecule has 2 heterocycles. The SMILES string of the molecule is CCN(CC)C(=O)C1CSCN1C(=O)c1cc(C(=O)O)co1. The molecule has 1 saturated heterocycles. The maximum atomic E-state index is 12.5. The normalized spacial score (nSPS) is 17.5. The number of hydrogen-bond donors (Lipinski definition) is 1. The van der Waals surface area contributed by atoms with Gasteiger partial charge in [-0.25, -0.2) is 4.79 Å². The van der Waals surface area contributed by atoms with Gasteiger partial charge in [-0.1, -0.05) is 0 Å². The molecule has 7 nitrogen and oxygen atoms in total. The highest BCUT2D eigenvalue weighted by molar-refractivity contribution is 7.99. The van der Waals surface area contributed by atoms with Gasteiger partial charge >= 0.3 is 5.97 Å². The van der Waals surface area contributed by atoms with Crippen LogP contribution in [0, 0.1) is 0 Å². The molecule has 1 aromatic heterocycles. The molecule has 0 saturated carbocycles. The Morgan fingerprint density at radius 1 is 1.41 bits per heavy atom.